The number of aromatic nitrogens is 5. The van der Waals surface area contributed by atoms with Crippen LogP contribution in [-0.4, -0.2) is 44.0 Å². The maximum Gasteiger partial charge on any atom is 0.255 e. The van der Waals surface area contributed by atoms with Gasteiger partial charge in [0.05, 0.1) is 24.4 Å². The van der Waals surface area contributed by atoms with Gasteiger partial charge < -0.3 is 10.1 Å². The highest BCUT2D eigenvalue weighted by molar-refractivity contribution is 5.97. The summed E-state index contributed by atoms with van der Waals surface area (Å²) >= 11 is 0. The molecule has 1 amide bonds. The van der Waals surface area contributed by atoms with Crippen LogP contribution in [0.5, 0.6) is 5.75 Å². The second-order valence-electron chi connectivity index (χ2n) is 8.94. The Labute approximate surface area is 192 Å². The third-order valence-electron chi connectivity index (χ3n) is 6.07. The van der Waals surface area contributed by atoms with E-state index in [1.54, 1.807) is 13.2 Å². The number of nitrogens with zero attached hydrogens (tertiary/aromatic N) is 4. The first-order chi connectivity index (χ1) is 15.9. The normalized spacial score (nSPS) is 13.6. The summed E-state index contributed by atoms with van der Waals surface area (Å²) in [6, 6.07) is 9.76. The van der Waals surface area contributed by atoms with Crippen molar-refractivity contribution in [1.82, 2.24) is 30.3 Å². The lowest BCUT2D eigenvalue weighted by Crippen LogP contribution is -2.30. The fourth-order valence-electron chi connectivity index (χ4n) is 4.31. The molecule has 2 aromatic carbocycles. The minimum absolute atomic E-state index is 0.0451. The van der Waals surface area contributed by atoms with Crippen molar-refractivity contribution in [3.8, 4) is 17.1 Å². The summed E-state index contributed by atoms with van der Waals surface area (Å²) in [4.78, 5) is 17.3. The van der Waals surface area contributed by atoms with Crippen LogP contribution in [0.15, 0.2) is 36.5 Å². The molecule has 0 aliphatic heterocycles. The van der Waals surface area contributed by atoms with Crippen LogP contribution in [-0.2, 0) is 13.5 Å². The maximum atomic E-state index is 12.5. The zero-order valence-corrected chi connectivity index (χ0v) is 19.3. The molecule has 0 spiro atoms. The number of carbonyl (C=O) groups is 1. The molecule has 1 aliphatic rings. The van der Waals surface area contributed by atoms with Crippen LogP contribution in [0.25, 0.3) is 22.3 Å². The van der Waals surface area contributed by atoms with Gasteiger partial charge in [-0.25, -0.2) is 4.98 Å². The number of benzene rings is 2. The smallest absolute Gasteiger partial charge is 0.255 e. The molecular formula is C25H28N6O2. The average Bonchev–Trinajstić information content (AvgIpc) is 3.40. The molecule has 2 N–H and O–H groups in total. The second-order valence-corrected chi connectivity index (χ2v) is 8.94. The van der Waals surface area contributed by atoms with E-state index in [4.69, 9.17) is 9.72 Å². The summed E-state index contributed by atoms with van der Waals surface area (Å²) in [6.45, 7) is 3.86. The van der Waals surface area contributed by atoms with Gasteiger partial charge in [-0.05, 0) is 61.9 Å². The van der Waals surface area contributed by atoms with Crippen molar-refractivity contribution in [2.75, 3.05) is 7.11 Å². The maximum absolute atomic E-state index is 12.5. The highest BCUT2D eigenvalue weighted by Gasteiger charge is 2.29. The Morgan fingerprint density at radius 3 is 2.82 bits per heavy atom. The number of carbonyl (C=O) groups excluding carboxylic acids is 1. The zero-order chi connectivity index (χ0) is 23.1. The van der Waals surface area contributed by atoms with Crippen molar-refractivity contribution in [2.24, 2.45) is 7.05 Å². The summed E-state index contributed by atoms with van der Waals surface area (Å²) in [6.07, 6.45) is 5.07. The van der Waals surface area contributed by atoms with Gasteiger partial charge in [0.2, 0.25) is 0 Å². The molecule has 8 heteroatoms. The predicted octanol–water partition coefficient (Wildman–Crippen LogP) is 3.97. The lowest BCUT2D eigenvalue weighted by atomic mass is 9.96. The topological polar surface area (TPSA) is 97.7 Å². The van der Waals surface area contributed by atoms with Gasteiger partial charge in [-0.1, -0.05) is 12.1 Å². The molecule has 1 fully saturated rings. The molecule has 0 atom stereocenters. The third-order valence-corrected chi connectivity index (χ3v) is 6.07. The number of fused-ring (bicyclic) bond motifs is 1. The van der Waals surface area contributed by atoms with E-state index in [9.17, 15) is 4.79 Å². The largest absolute Gasteiger partial charge is 0.496 e. The van der Waals surface area contributed by atoms with Gasteiger partial charge in [0.1, 0.15) is 11.6 Å². The van der Waals surface area contributed by atoms with Crippen molar-refractivity contribution in [1.29, 1.82) is 0 Å². The molecule has 8 nitrogen and oxygen atoms in total. The molecule has 1 saturated carbocycles. The Morgan fingerprint density at radius 1 is 1.27 bits per heavy atom. The van der Waals surface area contributed by atoms with E-state index in [0.29, 0.717) is 29.5 Å². The number of nitrogens with one attached hydrogen (secondary N) is 2. The molecule has 170 valence electrons. The quantitative estimate of drug-likeness (QED) is 0.449. The minimum Gasteiger partial charge on any atom is -0.496 e. The number of hydrogen-bond acceptors (Lipinski definition) is 5. The average molecular weight is 445 g/mol. The van der Waals surface area contributed by atoms with E-state index in [-0.39, 0.29) is 11.9 Å². The lowest BCUT2D eigenvalue weighted by Gasteiger charge is -2.12. The molecule has 0 radical (unpaired) electrons. The van der Waals surface area contributed by atoms with Gasteiger partial charge in [0, 0.05) is 30.5 Å². The van der Waals surface area contributed by atoms with E-state index in [2.05, 4.69) is 32.7 Å². The number of aryl methyl sites for hydroxylation is 1. The summed E-state index contributed by atoms with van der Waals surface area (Å²) in [5.74, 6) is 2.43. The first-order valence-corrected chi connectivity index (χ1v) is 11.3. The number of methoxy groups -OCH3 is 1. The summed E-state index contributed by atoms with van der Waals surface area (Å²) in [5.41, 5.74) is 5.03. The monoisotopic (exact) mass is 444 g/mol. The molecule has 0 unspecified atom stereocenters. The molecule has 33 heavy (non-hydrogen) atoms. The lowest BCUT2D eigenvalue weighted by molar-refractivity contribution is 0.0940. The number of aromatic amines is 1. The van der Waals surface area contributed by atoms with Gasteiger partial charge in [-0.2, -0.15) is 10.2 Å². The Hall–Kier alpha value is -3.68. The Bertz CT molecular complexity index is 1330. The Kier molecular flexibility index (Phi) is 5.36. The Morgan fingerprint density at radius 2 is 2.09 bits per heavy atom. The fourth-order valence-corrected chi connectivity index (χ4v) is 4.31. The third kappa shape index (κ3) is 4.08. The van der Waals surface area contributed by atoms with Crippen molar-refractivity contribution in [3.05, 3.63) is 59.0 Å². The first kappa shape index (κ1) is 21.2. The number of H-pyrrole nitrogens is 1. The molecule has 2 heterocycles. The zero-order valence-electron chi connectivity index (χ0n) is 19.3. The minimum atomic E-state index is -0.162. The van der Waals surface area contributed by atoms with E-state index in [0.717, 1.165) is 16.9 Å². The van der Waals surface area contributed by atoms with Crippen molar-refractivity contribution in [3.63, 3.8) is 0 Å². The first-order valence-electron chi connectivity index (χ1n) is 11.3. The van der Waals surface area contributed by atoms with Gasteiger partial charge in [-0.15, -0.1) is 0 Å². The standard InChI is InChI=1S/C25H28N6O2/c1-14(2)27-25(32)18-9-7-17(11-21(18)33-4)24-28-22(31(3)30-24)12-16-8-10-20-19(13-26-29-20)23(16)15-5-6-15/h7-11,13-15H,5-6,12H2,1-4H3,(H,26,29)(H,27,32). The van der Waals surface area contributed by atoms with Crippen LogP contribution in [0.1, 0.15) is 59.9 Å². The van der Waals surface area contributed by atoms with E-state index in [1.165, 1.54) is 29.4 Å². The van der Waals surface area contributed by atoms with Gasteiger partial charge >= 0.3 is 0 Å². The number of amides is 1. The molecule has 4 aromatic rings. The molecule has 5 rings (SSSR count). The van der Waals surface area contributed by atoms with E-state index >= 15 is 0 Å². The SMILES string of the molecule is COc1cc(-c2nc(Cc3ccc4[nH]ncc4c3C3CC3)n(C)n2)ccc1C(=O)NC(C)C. The van der Waals surface area contributed by atoms with Crippen LogP contribution in [0.3, 0.4) is 0 Å². The van der Waals surface area contributed by atoms with E-state index in [1.807, 2.05) is 43.9 Å². The van der Waals surface area contributed by atoms with E-state index < -0.39 is 0 Å². The molecule has 1 aliphatic carbocycles. The number of ether oxygens (including phenoxy) is 1. The van der Waals surface area contributed by atoms with Gasteiger partial charge in [0.15, 0.2) is 5.82 Å². The van der Waals surface area contributed by atoms with Crippen LogP contribution < -0.4 is 10.1 Å². The molecular weight excluding hydrogens is 416 g/mol. The second kappa shape index (κ2) is 8.35. The predicted molar refractivity (Wildman–Crippen MR) is 126 cm³/mol. The van der Waals surface area contributed by atoms with Crippen molar-refractivity contribution < 1.29 is 9.53 Å². The van der Waals surface area contributed by atoms with Crippen molar-refractivity contribution >= 4 is 16.8 Å². The molecule has 0 bridgehead atoms. The van der Waals surface area contributed by atoms with Crippen LogP contribution >= 0.6 is 0 Å². The van der Waals surface area contributed by atoms with Gasteiger partial charge in [0.25, 0.3) is 5.91 Å². The molecule has 0 saturated heterocycles. The van der Waals surface area contributed by atoms with Crippen LogP contribution in [0, 0.1) is 0 Å². The van der Waals surface area contributed by atoms with Crippen LogP contribution in [0.4, 0.5) is 0 Å². The Balaban J connectivity index is 1.46. The van der Waals surface area contributed by atoms with Gasteiger partial charge in [-0.3, -0.25) is 14.6 Å². The summed E-state index contributed by atoms with van der Waals surface area (Å²) in [7, 11) is 3.48. The number of rotatable bonds is 7. The fraction of sp³-hybridized carbons (Fsp3) is 0.360. The van der Waals surface area contributed by atoms with Crippen molar-refractivity contribution in [2.45, 2.75) is 45.1 Å². The van der Waals surface area contributed by atoms with Crippen LogP contribution in [0.2, 0.25) is 0 Å². The summed E-state index contributed by atoms with van der Waals surface area (Å²) < 4.78 is 7.32. The summed E-state index contributed by atoms with van der Waals surface area (Å²) in [5, 5.41) is 16.1. The highest BCUT2D eigenvalue weighted by Crippen LogP contribution is 2.45. The molecule has 2 aromatic heterocycles. The highest BCUT2D eigenvalue weighted by atomic mass is 16.5. The number of hydrogen-bond donors (Lipinski definition) is 2.